The second-order valence-corrected chi connectivity index (χ2v) is 9.49. The van der Waals surface area contributed by atoms with Gasteiger partial charge in [-0.1, -0.05) is 60.1 Å². The molecule has 1 aliphatic heterocycles. The van der Waals surface area contributed by atoms with Crippen molar-refractivity contribution in [2.24, 2.45) is 0 Å². The molecule has 0 saturated heterocycles. The SMILES string of the molecule is COc1ccccc1COc1ccc2[nH]c(C(=O)O)c(-c3ccccc3)c2c1Cc1cc2c(cc1Cl)OCO2. The van der Waals surface area contributed by atoms with Crippen LogP contribution >= 0.6 is 11.6 Å². The summed E-state index contributed by atoms with van der Waals surface area (Å²) in [5.41, 5.74) is 4.64. The lowest BCUT2D eigenvalue weighted by Crippen LogP contribution is -2.03. The monoisotopic (exact) mass is 541 g/mol. The molecule has 196 valence electrons. The summed E-state index contributed by atoms with van der Waals surface area (Å²) in [5, 5.41) is 11.4. The van der Waals surface area contributed by atoms with Gasteiger partial charge in [-0.05, 0) is 35.4 Å². The third-order valence-electron chi connectivity index (χ3n) is 6.79. The van der Waals surface area contributed by atoms with Gasteiger partial charge in [-0.2, -0.15) is 0 Å². The molecule has 0 bridgehead atoms. The molecule has 2 heterocycles. The van der Waals surface area contributed by atoms with Crippen molar-refractivity contribution in [3.8, 4) is 34.1 Å². The molecule has 0 aliphatic carbocycles. The summed E-state index contributed by atoms with van der Waals surface area (Å²) in [6.45, 7) is 0.393. The number of carboxylic acids is 1. The Balaban J connectivity index is 1.54. The van der Waals surface area contributed by atoms with Crippen molar-refractivity contribution in [2.75, 3.05) is 13.9 Å². The predicted octanol–water partition coefficient (Wildman–Crippen LogP) is 7.09. The van der Waals surface area contributed by atoms with Gasteiger partial charge in [0.05, 0.1) is 7.11 Å². The number of H-pyrrole nitrogens is 1. The number of nitrogens with one attached hydrogen (secondary N) is 1. The molecule has 0 fully saturated rings. The highest BCUT2D eigenvalue weighted by Gasteiger charge is 2.25. The molecule has 5 aromatic rings. The van der Waals surface area contributed by atoms with Crippen LogP contribution in [0, 0.1) is 0 Å². The van der Waals surface area contributed by atoms with Crippen LogP contribution in [0.1, 0.15) is 27.2 Å². The van der Waals surface area contributed by atoms with Crippen LogP contribution in [0.3, 0.4) is 0 Å². The Labute approximate surface area is 229 Å². The molecule has 0 saturated carbocycles. The first kappa shape index (κ1) is 24.7. The van der Waals surface area contributed by atoms with Gasteiger partial charge in [-0.15, -0.1) is 0 Å². The second kappa shape index (κ2) is 10.3. The number of rotatable bonds is 8. The van der Waals surface area contributed by atoms with E-state index in [1.807, 2.05) is 72.8 Å². The largest absolute Gasteiger partial charge is 0.496 e. The molecule has 39 heavy (non-hydrogen) atoms. The average molecular weight is 542 g/mol. The van der Waals surface area contributed by atoms with E-state index in [2.05, 4.69) is 4.98 Å². The van der Waals surface area contributed by atoms with Crippen molar-refractivity contribution in [1.82, 2.24) is 4.98 Å². The van der Waals surface area contributed by atoms with Crippen LogP contribution in [-0.2, 0) is 13.0 Å². The lowest BCUT2D eigenvalue weighted by molar-refractivity contribution is 0.0692. The highest BCUT2D eigenvalue weighted by molar-refractivity contribution is 6.31. The first-order chi connectivity index (χ1) is 19.0. The molecule has 0 amide bonds. The average Bonchev–Trinajstić information content (AvgIpc) is 3.58. The molecule has 0 spiro atoms. The van der Waals surface area contributed by atoms with E-state index in [-0.39, 0.29) is 19.1 Å². The van der Waals surface area contributed by atoms with Gasteiger partial charge in [0.25, 0.3) is 0 Å². The first-order valence-electron chi connectivity index (χ1n) is 12.3. The number of ether oxygens (including phenoxy) is 4. The Hall–Kier alpha value is -4.62. The third-order valence-corrected chi connectivity index (χ3v) is 7.14. The number of aromatic amines is 1. The van der Waals surface area contributed by atoms with E-state index in [1.165, 1.54) is 0 Å². The van der Waals surface area contributed by atoms with Crippen molar-refractivity contribution in [2.45, 2.75) is 13.0 Å². The number of hydrogen-bond acceptors (Lipinski definition) is 5. The topological polar surface area (TPSA) is 90.0 Å². The van der Waals surface area contributed by atoms with E-state index >= 15 is 0 Å². The quantitative estimate of drug-likeness (QED) is 0.218. The van der Waals surface area contributed by atoms with Gasteiger partial charge in [0.15, 0.2) is 11.5 Å². The zero-order chi connectivity index (χ0) is 26.9. The lowest BCUT2D eigenvalue weighted by Gasteiger charge is -2.16. The molecule has 7 nitrogen and oxygen atoms in total. The molecule has 1 aliphatic rings. The van der Waals surface area contributed by atoms with E-state index < -0.39 is 5.97 Å². The van der Waals surface area contributed by atoms with E-state index in [4.69, 9.17) is 30.5 Å². The number of halogens is 1. The summed E-state index contributed by atoms with van der Waals surface area (Å²) < 4.78 is 23.0. The van der Waals surface area contributed by atoms with Gasteiger partial charge in [0.1, 0.15) is 23.8 Å². The summed E-state index contributed by atoms with van der Waals surface area (Å²) in [7, 11) is 1.62. The van der Waals surface area contributed by atoms with E-state index in [1.54, 1.807) is 13.2 Å². The summed E-state index contributed by atoms with van der Waals surface area (Å²) >= 11 is 6.69. The van der Waals surface area contributed by atoms with E-state index in [9.17, 15) is 9.90 Å². The predicted molar refractivity (Wildman–Crippen MR) is 148 cm³/mol. The van der Waals surface area contributed by atoms with E-state index in [0.717, 1.165) is 33.4 Å². The molecular formula is C31H24ClNO6. The Morgan fingerprint density at radius 3 is 2.46 bits per heavy atom. The molecule has 0 radical (unpaired) electrons. The maximum atomic E-state index is 12.4. The molecule has 1 aromatic heterocycles. The molecule has 6 rings (SSSR count). The van der Waals surface area contributed by atoms with Gasteiger partial charge in [0, 0.05) is 45.1 Å². The fraction of sp³-hybridized carbons (Fsp3) is 0.129. The van der Waals surface area contributed by atoms with Crippen molar-refractivity contribution < 1.29 is 28.8 Å². The summed E-state index contributed by atoms with van der Waals surface area (Å²) in [6.07, 6.45) is 0.366. The number of fused-ring (bicyclic) bond motifs is 2. The number of aromatic nitrogens is 1. The van der Waals surface area contributed by atoms with Gasteiger partial charge in [0.2, 0.25) is 6.79 Å². The van der Waals surface area contributed by atoms with Crippen LogP contribution in [-0.4, -0.2) is 30.0 Å². The summed E-state index contributed by atoms with van der Waals surface area (Å²) in [6, 6.07) is 24.4. The number of carbonyl (C=O) groups is 1. The van der Waals surface area contributed by atoms with Crippen molar-refractivity contribution >= 4 is 28.5 Å². The first-order valence-corrected chi connectivity index (χ1v) is 12.7. The smallest absolute Gasteiger partial charge is 0.352 e. The second-order valence-electron chi connectivity index (χ2n) is 9.09. The van der Waals surface area contributed by atoms with Crippen molar-refractivity contribution in [3.05, 3.63) is 106 Å². The number of benzene rings is 4. The zero-order valence-electron chi connectivity index (χ0n) is 21.0. The van der Waals surface area contributed by atoms with Gasteiger partial charge < -0.3 is 29.0 Å². The van der Waals surface area contributed by atoms with Crippen LogP contribution in [0.25, 0.3) is 22.0 Å². The Kier molecular flexibility index (Phi) is 6.50. The van der Waals surface area contributed by atoms with E-state index in [0.29, 0.717) is 39.8 Å². The van der Waals surface area contributed by atoms with Crippen LogP contribution in [0.2, 0.25) is 5.02 Å². The molecule has 2 N–H and O–H groups in total. The molecule has 4 aromatic carbocycles. The third kappa shape index (κ3) is 4.62. The zero-order valence-corrected chi connectivity index (χ0v) is 21.7. The Bertz CT molecular complexity index is 1700. The minimum absolute atomic E-state index is 0.108. The molecule has 0 atom stereocenters. The maximum absolute atomic E-state index is 12.4. The molecule has 8 heteroatoms. The minimum atomic E-state index is -1.05. The summed E-state index contributed by atoms with van der Waals surface area (Å²) in [5.74, 6) is 1.48. The fourth-order valence-corrected chi connectivity index (χ4v) is 5.19. The van der Waals surface area contributed by atoms with Crippen LogP contribution in [0.4, 0.5) is 0 Å². The summed E-state index contributed by atoms with van der Waals surface area (Å²) in [4.78, 5) is 15.5. The molecular weight excluding hydrogens is 518 g/mol. The van der Waals surface area contributed by atoms with Crippen LogP contribution in [0.5, 0.6) is 23.0 Å². The lowest BCUT2D eigenvalue weighted by atomic mass is 9.94. The molecule has 0 unspecified atom stereocenters. The normalized spacial score (nSPS) is 12.1. The standard InChI is InChI=1S/C31H24ClNO6/c1-36-24-10-6-5-9-19(24)16-37-25-12-11-23-29(28(30(33-23)31(34)35)18-7-3-2-4-8-18)21(25)13-20-14-26-27(15-22(20)32)39-17-38-26/h2-12,14-15,33H,13,16-17H2,1H3,(H,34,35). The Morgan fingerprint density at radius 2 is 1.69 bits per heavy atom. The van der Waals surface area contributed by atoms with Crippen molar-refractivity contribution in [1.29, 1.82) is 0 Å². The number of aromatic carboxylic acids is 1. The highest BCUT2D eigenvalue weighted by atomic mass is 35.5. The van der Waals surface area contributed by atoms with Gasteiger partial charge in [-0.25, -0.2) is 4.79 Å². The fourth-order valence-electron chi connectivity index (χ4n) is 4.97. The van der Waals surface area contributed by atoms with Crippen LogP contribution in [0.15, 0.2) is 78.9 Å². The number of carboxylic acid groups (broad SMARTS) is 1. The minimum Gasteiger partial charge on any atom is -0.496 e. The number of methoxy groups -OCH3 is 1. The van der Waals surface area contributed by atoms with Gasteiger partial charge >= 0.3 is 5.97 Å². The van der Waals surface area contributed by atoms with Crippen molar-refractivity contribution in [3.63, 3.8) is 0 Å². The Morgan fingerprint density at radius 1 is 0.949 bits per heavy atom. The van der Waals surface area contributed by atoms with Crippen LogP contribution < -0.4 is 18.9 Å². The number of hydrogen-bond donors (Lipinski definition) is 2. The number of para-hydroxylation sites is 1. The highest BCUT2D eigenvalue weighted by Crippen LogP contribution is 2.43. The maximum Gasteiger partial charge on any atom is 0.352 e. The van der Waals surface area contributed by atoms with Gasteiger partial charge in [-0.3, -0.25) is 0 Å².